The Kier molecular flexibility index (Phi) is 5.49. The second kappa shape index (κ2) is 7.97. The topological polar surface area (TPSA) is 35.5 Å². The normalized spacial score (nSPS) is 11.2. The fourth-order valence-electron chi connectivity index (χ4n) is 2.39. The van der Waals surface area contributed by atoms with Crippen LogP contribution in [0.4, 0.5) is 8.78 Å². The molecule has 0 unspecified atom stereocenters. The highest BCUT2D eigenvalue weighted by atomic mass is 35.5. The number of hydrogen-bond donors (Lipinski definition) is 0. The van der Waals surface area contributed by atoms with Gasteiger partial charge in [-0.15, -0.1) is 0 Å². The molecule has 132 valence electrons. The summed E-state index contributed by atoms with van der Waals surface area (Å²) in [6.07, 6.45) is 2.78. The average molecular weight is 375 g/mol. The maximum absolute atomic E-state index is 12.1. The molecule has 6 heteroatoms. The quantitative estimate of drug-likeness (QED) is 0.326. The molecular weight excluding hydrogens is 362 g/mol. The van der Waals surface area contributed by atoms with Crippen molar-refractivity contribution in [3.8, 4) is 11.5 Å². The summed E-state index contributed by atoms with van der Waals surface area (Å²) in [7, 11) is 0. The molecule has 0 saturated carbocycles. The lowest BCUT2D eigenvalue weighted by molar-refractivity contribution is -0.128. The predicted molar refractivity (Wildman–Crippen MR) is 96.7 cm³/mol. The average Bonchev–Trinajstić information content (AvgIpc) is 2.63. The molecule has 0 aliphatic rings. The molecule has 0 atom stereocenters. The highest BCUT2D eigenvalue weighted by Gasteiger charge is 2.08. The van der Waals surface area contributed by atoms with Crippen LogP contribution in [0, 0.1) is 0 Å². The minimum absolute atomic E-state index is 0.0485. The molecule has 0 aliphatic carbocycles. The number of esters is 1. The van der Waals surface area contributed by atoms with E-state index in [0.717, 1.165) is 10.8 Å². The Bertz CT molecular complexity index is 953. The van der Waals surface area contributed by atoms with E-state index in [1.807, 2.05) is 24.3 Å². The molecular formula is C20H13ClF2O3. The molecule has 0 N–H and O–H groups in total. The van der Waals surface area contributed by atoms with Crippen molar-refractivity contribution in [1.82, 2.24) is 0 Å². The van der Waals surface area contributed by atoms with Crippen molar-refractivity contribution in [3.05, 3.63) is 77.3 Å². The van der Waals surface area contributed by atoms with Gasteiger partial charge in [0, 0.05) is 21.9 Å². The third kappa shape index (κ3) is 4.37. The van der Waals surface area contributed by atoms with E-state index in [9.17, 15) is 13.6 Å². The molecule has 26 heavy (non-hydrogen) atoms. The first kappa shape index (κ1) is 17.9. The van der Waals surface area contributed by atoms with Gasteiger partial charge in [-0.25, -0.2) is 4.79 Å². The van der Waals surface area contributed by atoms with Gasteiger partial charge in [-0.05, 0) is 35.9 Å². The summed E-state index contributed by atoms with van der Waals surface area (Å²) in [5.41, 5.74) is 0.643. The van der Waals surface area contributed by atoms with Gasteiger partial charge in [0.25, 0.3) is 0 Å². The molecule has 3 nitrogen and oxygen atoms in total. The van der Waals surface area contributed by atoms with Crippen LogP contribution in [0.5, 0.6) is 11.5 Å². The molecule has 3 aromatic rings. The van der Waals surface area contributed by atoms with Crippen LogP contribution < -0.4 is 9.47 Å². The molecule has 0 aromatic heterocycles. The molecule has 0 amide bonds. The molecule has 0 aliphatic heterocycles. The molecule has 0 radical (unpaired) electrons. The third-order valence-corrected chi connectivity index (χ3v) is 3.89. The molecule has 0 heterocycles. The van der Waals surface area contributed by atoms with Gasteiger partial charge in [-0.2, -0.15) is 8.78 Å². The second-order valence-corrected chi connectivity index (χ2v) is 5.70. The first-order valence-corrected chi connectivity index (χ1v) is 8.03. The van der Waals surface area contributed by atoms with Crippen molar-refractivity contribution in [1.29, 1.82) is 0 Å². The molecule has 0 bridgehead atoms. The number of halogens is 3. The van der Waals surface area contributed by atoms with Gasteiger partial charge in [0.2, 0.25) is 0 Å². The fourth-order valence-corrected chi connectivity index (χ4v) is 2.62. The minimum Gasteiger partial charge on any atom is -0.435 e. The van der Waals surface area contributed by atoms with Crippen LogP contribution >= 0.6 is 11.6 Å². The van der Waals surface area contributed by atoms with Crippen LogP contribution in [0.25, 0.3) is 16.8 Å². The summed E-state index contributed by atoms with van der Waals surface area (Å²) in [5, 5.41) is 2.09. The van der Waals surface area contributed by atoms with Crippen molar-refractivity contribution in [3.63, 3.8) is 0 Å². The summed E-state index contributed by atoms with van der Waals surface area (Å²) >= 11 is 6.14. The predicted octanol–water partition coefficient (Wildman–Crippen LogP) is 5.71. The lowest BCUT2D eigenvalue weighted by atomic mass is 10.1. The Morgan fingerprint density at radius 1 is 0.962 bits per heavy atom. The summed E-state index contributed by atoms with van der Waals surface area (Å²) in [5.74, 6) is -0.113. The summed E-state index contributed by atoms with van der Waals surface area (Å²) in [6, 6.07) is 16.5. The van der Waals surface area contributed by atoms with Crippen LogP contribution in [-0.4, -0.2) is 12.6 Å². The number of alkyl halides is 2. The van der Waals surface area contributed by atoms with E-state index < -0.39 is 12.6 Å². The molecule has 0 fully saturated rings. The Balaban J connectivity index is 1.71. The highest BCUT2D eigenvalue weighted by Crippen LogP contribution is 2.31. The zero-order chi connectivity index (χ0) is 18.5. The number of benzene rings is 3. The molecule has 3 rings (SSSR count). The van der Waals surface area contributed by atoms with Crippen LogP contribution in [-0.2, 0) is 4.79 Å². The Labute approximate surface area is 153 Å². The zero-order valence-electron chi connectivity index (χ0n) is 13.4. The van der Waals surface area contributed by atoms with Crippen LogP contribution in [0.1, 0.15) is 5.56 Å². The van der Waals surface area contributed by atoms with Crippen LogP contribution in [0.15, 0.2) is 66.7 Å². The van der Waals surface area contributed by atoms with E-state index in [0.29, 0.717) is 16.3 Å². The van der Waals surface area contributed by atoms with Crippen LogP contribution in [0.2, 0.25) is 5.02 Å². The highest BCUT2D eigenvalue weighted by molar-refractivity contribution is 6.35. The Hall–Kier alpha value is -2.92. The van der Waals surface area contributed by atoms with Gasteiger partial charge in [0.15, 0.2) is 0 Å². The van der Waals surface area contributed by atoms with Crippen LogP contribution in [0.3, 0.4) is 0 Å². The van der Waals surface area contributed by atoms with E-state index in [1.54, 1.807) is 24.3 Å². The molecule has 3 aromatic carbocycles. The number of fused-ring (bicyclic) bond motifs is 1. The van der Waals surface area contributed by atoms with Gasteiger partial charge < -0.3 is 9.47 Å². The van der Waals surface area contributed by atoms with E-state index in [1.165, 1.54) is 24.3 Å². The second-order valence-electron chi connectivity index (χ2n) is 5.29. The van der Waals surface area contributed by atoms with Gasteiger partial charge in [-0.1, -0.05) is 48.0 Å². The lowest BCUT2D eigenvalue weighted by Gasteiger charge is -2.07. The summed E-state index contributed by atoms with van der Waals surface area (Å²) < 4.78 is 33.9. The molecule has 0 saturated heterocycles. The third-order valence-electron chi connectivity index (χ3n) is 3.56. The number of hydrogen-bond acceptors (Lipinski definition) is 3. The number of carbonyl (C=O) groups excluding carboxylic acids is 1. The smallest absolute Gasteiger partial charge is 0.387 e. The number of ether oxygens (including phenoxy) is 2. The molecule has 0 spiro atoms. The first-order chi connectivity index (χ1) is 12.5. The van der Waals surface area contributed by atoms with Crippen molar-refractivity contribution in [2.24, 2.45) is 0 Å². The fraction of sp³-hybridized carbons (Fsp3) is 0.0500. The Morgan fingerprint density at radius 3 is 2.35 bits per heavy atom. The van der Waals surface area contributed by atoms with Crippen molar-refractivity contribution >= 4 is 34.4 Å². The lowest BCUT2D eigenvalue weighted by Crippen LogP contribution is -2.04. The van der Waals surface area contributed by atoms with Gasteiger partial charge in [0.1, 0.15) is 11.5 Å². The standard InChI is InChI=1S/C20H13ClF2O3/c21-17-10-11-18(16-4-2-1-3-15(16)17)26-19(24)12-7-13-5-8-14(9-6-13)25-20(22)23/h1-12,20H/b12-7+. The zero-order valence-corrected chi connectivity index (χ0v) is 14.1. The van der Waals surface area contributed by atoms with Crippen molar-refractivity contribution in [2.75, 3.05) is 0 Å². The van der Waals surface area contributed by atoms with E-state index in [4.69, 9.17) is 16.3 Å². The maximum Gasteiger partial charge on any atom is 0.387 e. The maximum atomic E-state index is 12.1. The SMILES string of the molecule is O=C(/C=C/c1ccc(OC(F)F)cc1)Oc1ccc(Cl)c2ccccc12. The van der Waals surface area contributed by atoms with Gasteiger partial charge >= 0.3 is 12.6 Å². The first-order valence-electron chi connectivity index (χ1n) is 7.65. The Morgan fingerprint density at radius 2 is 1.65 bits per heavy atom. The van der Waals surface area contributed by atoms with Gasteiger partial charge in [-0.3, -0.25) is 0 Å². The van der Waals surface area contributed by atoms with E-state index in [2.05, 4.69) is 4.74 Å². The van der Waals surface area contributed by atoms with E-state index >= 15 is 0 Å². The minimum atomic E-state index is -2.87. The number of rotatable bonds is 5. The largest absolute Gasteiger partial charge is 0.435 e. The number of carbonyl (C=O) groups is 1. The van der Waals surface area contributed by atoms with Crippen molar-refractivity contribution in [2.45, 2.75) is 6.61 Å². The summed E-state index contributed by atoms with van der Waals surface area (Å²) in [6.45, 7) is -2.87. The van der Waals surface area contributed by atoms with Crippen molar-refractivity contribution < 1.29 is 23.0 Å². The van der Waals surface area contributed by atoms with E-state index in [-0.39, 0.29) is 5.75 Å². The monoisotopic (exact) mass is 374 g/mol. The van der Waals surface area contributed by atoms with Gasteiger partial charge in [0.05, 0.1) is 0 Å². The summed E-state index contributed by atoms with van der Waals surface area (Å²) in [4.78, 5) is 12.1.